The van der Waals surface area contributed by atoms with Gasteiger partial charge < -0.3 is 9.64 Å². The maximum absolute atomic E-state index is 11.9. The molecule has 0 spiro atoms. The van der Waals surface area contributed by atoms with Crippen LogP contribution in [0.5, 0.6) is 0 Å². The van der Waals surface area contributed by atoms with Crippen LogP contribution in [0.1, 0.15) is 23.7 Å². The fourth-order valence-electron chi connectivity index (χ4n) is 2.12. The molecule has 1 aliphatic heterocycles. The van der Waals surface area contributed by atoms with Gasteiger partial charge in [-0.25, -0.2) is 4.79 Å². The van der Waals surface area contributed by atoms with Gasteiger partial charge in [-0.1, -0.05) is 0 Å². The molecule has 1 aromatic rings. The Morgan fingerprint density at radius 1 is 1.60 bits per heavy atom. The normalized spacial score (nSPS) is 17.9. The van der Waals surface area contributed by atoms with Gasteiger partial charge in [-0.05, 0) is 41.1 Å². The molecule has 0 N–H and O–H groups in total. The summed E-state index contributed by atoms with van der Waals surface area (Å²) in [5.41, 5.74) is 1.17. The Balaban J connectivity index is 2.25. The Morgan fingerprint density at radius 2 is 2.35 bits per heavy atom. The highest BCUT2D eigenvalue weighted by Gasteiger charge is 2.30. The molecule has 0 aliphatic carbocycles. The first-order valence-electron chi connectivity index (χ1n) is 6.30. The third kappa shape index (κ3) is 2.86. The number of amides is 1. The summed E-state index contributed by atoms with van der Waals surface area (Å²) in [7, 11) is 0. The van der Waals surface area contributed by atoms with E-state index in [4.69, 9.17) is 11.2 Å². The Labute approximate surface area is 126 Å². The summed E-state index contributed by atoms with van der Waals surface area (Å²) >= 11 is 3.39. The number of carbonyl (C=O) groups is 2. The highest BCUT2D eigenvalue weighted by molar-refractivity contribution is 9.10. The van der Waals surface area contributed by atoms with Crippen molar-refractivity contribution in [3.63, 3.8) is 0 Å². The second kappa shape index (κ2) is 6.10. The predicted octanol–water partition coefficient (Wildman–Crippen LogP) is 2.61. The van der Waals surface area contributed by atoms with Gasteiger partial charge in [0.25, 0.3) is 0 Å². The molecule has 5 heteroatoms. The zero-order valence-electron chi connectivity index (χ0n) is 11.1. The fraction of sp³-hybridized carbons (Fsp3) is 0.333. The maximum atomic E-state index is 11.9. The van der Waals surface area contributed by atoms with Gasteiger partial charge in [0.1, 0.15) is 0 Å². The minimum Gasteiger partial charge on any atom is -0.462 e. The molecular weight excluding hydrogens is 322 g/mol. The number of esters is 1. The van der Waals surface area contributed by atoms with Gasteiger partial charge >= 0.3 is 5.97 Å². The zero-order chi connectivity index (χ0) is 14.7. The van der Waals surface area contributed by atoms with E-state index in [0.717, 1.165) is 5.69 Å². The van der Waals surface area contributed by atoms with Crippen LogP contribution < -0.4 is 4.90 Å². The van der Waals surface area contributed by atoms with Crippen LogP contribution in [0.4, 0.5) is 5.69 Å². The number of nitrogens with zero attached hydrogens (tertiary/aromatic N) is 1. The summed E-state index contributed by atoms with van der Waals surface area (Å²) < 4.78 is 5.61. The van der Waals surface area contributed by atoms with Crippen molar-refractivity contribution < 1.29 is 14.3 Å². The summed E-state index contributed by atoms with van der Waals surface area (Å²) in [5.74, 6) is 2.17. The molecule has 0 radical (unpaired) electrons. The number of anilines is 1. The topological polar surface area (TPSA) is 46.6 Å². The van der Waals surface area contributed by atoms with Crippen molar-refractivity contribution >= 4 is 33.5 Å². The van der Waals surface area contributed by atoms with E-state index in [0.29, 0.717) is 29.6 Å². The van der Waals surface area contributed by atoms with Gasteiger partial charge in [-0.15, -0.1) is 12.3 Å². The molecule has 0 saturated carbocycles. The molecule has 1 fully saturated rings. The molecule has 1 aliphatic rings. The van der Waals surface area contributed by atoms with Crippen LogP contribution in [0.15, 0.2) is 22.7 Å². The standard InChI is InChI=1S/C15H14BrNO3/c1-3-10-7-14(18)17(9-10)13-6-5-11(8-12(13)16)15(19)20-4-2/h1,5-6,8,10H,4,7,9H2,2H3. The Hall–Kier alpha value is -1.80. The van der Waals surface area contributed by atoms with Crippen LogP contribution in [-0.2, 0) is 9.53 Å². The van der Waals surface area contributed by atoms with Crippen molar-refractivity contribution in [2.75, 3.05) is 18.1 Å². The highest BCUT2D eigenvalue weighted by Crippen LogP contribution is 2.32. The Morgan fingerprint density at radius 3 is 2.90 bits per heavy atom. The number of hydrogen-bond donors (Lipinski definition) is 0. The molecule has 104 valence electrons. The van der Waals surface area contributed by atoms with Crippen molar-refractivity contribution in [2.24, 2.45) is 5.92 Å². The quantitative estimate of drug-likeness (QED) is 0.630. The monoisotopic (exact) mass is 335 g/mol. The van der Waals surface area contributed by atoms with E-state index in [1.54, 1.807) is 30.0 Å². The zero-order valence-corrected chi connectivity index (χ0v) is 12.6. The van der Waals surface area contributed by atoms with Gasteiger partial charge in [0.15, 0.2) is 0 Å². The fourth-order valence-corrected chi connectivity index (χ4v) is 2.71. The largest absolute Gasteiger partial charge is 0.462 e. The Kier molecular flexibility index (Phi) is 4.46. The van der Waals surface area contributed by atoms with Crippen LogP contribution in [0.3, 0.4) is 0 Å². The van der Waals surface area contributed by atoms with Crippen molar-refractivity contribution in [1.29, 1.82) is 0 Å². The third-order valence-corrected chi connectivity index (χ3v) is 3.75. The lowest BCUT2D eigenvalue weighted by Gasteiger charge is -2.18. The lowest BCUT2D eigenvalue weighted by molar-refractivity contribution is -0.117. The van der Waals surface area contributed by atoms with Gasteiger partial charge in [-0.2, -0.15) is 0 Å². The second-order valence-electron chi connectivity index (χ2n) is 4.46. The summed E-state index contributed by atoms with van der Waals surface area (Å²) in [6, 6.07) is 5.03. The number of halogens is 1. The first-order valence-corrected chi connectivity index (χ1v) is 7.09. The van der Waals surface area contributed by atoms with Crippen LogP contribution in [0, 0.1) is 18.3 Å². The minimum atomic E-state index is -0.381. The molecule has 1 unspecified atom stereocenters. The van der Waals surface area contributed by atoms with E-state index in [-0.39, 0.29) is 17.8 Å². The summed E-state index contributed by atoms with van der Waals surface area (Å²) in [6.07, 6.45) is 5.73. The van der Waals surface area contributed by atoms with Crippen molar-refractivity contribution in [1.82, 2.24) is 0 Å². The van der Waals surface area contributed by atoms with Gasteiger partial charge in [-0.3, -0.25) is 4.79 Å². The Bertz CT molecular complexity index is 591. The summed E-state index contributed by atoms with van der Waals surface area (Å²) in [6.45, 7) is 2.59. The average molecular weight is 336 g/mol. The van der Waals surface area contributed by atoms with Gasteiger partial charge in [0, 0.05) is 23.4 Å². The SMILES string of the molecule is C#CC1CC(=O)N(c2ccc(C(=O)OCC)cc2Br)C1. The van der Waals surface area contributed by atoms with Crippen LogP contribution >= 0.6 is 15.9 Å². The molecule has 1 aromatic carbocycles. The van der Waals surface area contributed by atoms with Crippen molar-refractivity contribution in [3.05, 3.63) is 28.2 Å². The van der Waals surface area contributed by atoms with Crippen LogP contribution in [-0.4, -0.2) is 25.0 Å². The maximum Gasteiger partial charge on any atom is 0.338 e. The first kappa shape index (κ1) is 14.6. The number of carbonyl (C=O) groups excluding carboxylic acids is 2. The predicted molar refractivity (Wildman–Crippen MR) is 79.4 cm³/mol. The number of terminal acetylenes is 1. The number of rotatable bonds is 3. The minimum absolute atomic E-state index is 0.00228. The molecule has 2 rings (SSSR count). The van der Waals surface area contributed by atoms with Crippen molar-refractivity contribution in [2.45, 2.75) is 13.3 Å². The molecule has 0 aromatic heterocycles. The number of ether oxygens (including phenoxy) is 1. The molecular formula is C15H14BrNO3. The highest BCUT2D eigenvalue weighted by atomic mass is 79.9. The molecule has 20 heavy (non-hydrogen) atoms. The number of hydrogen-bond acceptors (Lipinski definition) is 3. The molecule has 1 heterocycles. The lowest BCUT2D eigenvalue weighted by Crippen LogP contribution is -2.24. The van der Waals surface area contributed by atoms with Gasteiger partial charge in [0.2, 0.25) is 5.91 Å². The third-order valence-electron chi connectivity index (χ3n) is 3.11. The average Bonchev–Trinajstić information content (AvgIpc) is 2.80. The van der Waals surface area contributed by atoms with Gasteiger partial charge in [0.05, 0.1) is 17.9 Å². The van der Waals surface area contributed by atoms with E-state index < -0.39 is 0 Å². The van der Waals surface area contributed by atoms with E-state index in [9.17, 15) is 9.59 Å². The van der Waals surface area contributed by atoms with Crippen molar-refractivity contribution in [3.8, 4) is 12.3 Å². The molecule has 0 bridgehead atoms. The second-order valence-corrected chi connectivity index (χ2v) is 5.31. The molecule has 4 nitrogen and oxygen atoms in total. The lowest BCUT2D eigenvalue weighted by atomic mass is 10.1. The van der Waals surface area contributed by atoms with E-state index in [1.165, 1.54) is 0 Å². The van der Waals surface area contributed by atoms with E-state index in [2.05, 4.69) is 21.9 Å². The number of benzene rings is 1. The summed E-state index contributed by atoms with van der Waals surface area (Å²) in [5, 5.41) is 0. The summed E-state index contributed by atoms with van der Waals surface area (Å²) in [4.78, 5) is 25.2. The van der Waals surface area contributed by atoms with Crippen LogP contribution in [0.25, 0.3) is 0 Å². The van der Waals surface area contributed by atoms with Crippen LogP contribution in [0.2, 0.25) is 0 Å². The molecule has 1 amide bonds. The smallest absolute Gasteiger partial charge is 0.338 e. The molecule has 1 atom stereocenters. The molecule has 1 saturated heterocycles. The van der Waals surface area contributed by atoms with E-state index >= 15 is 0 Å². The first-order chi connectivity index (χ1) is 9.56. The van der Waals surface area contributed by atoms with E-state index in [1.807, 2.05) is 0 Å².